The van der Waals surface area contributed by atoms with Crippen LogP contribution >= 0.6 is 12.8 Å². The van der Waals surface area contributed by atoms with Crippen molar-refractivity contribution in [3.8, 4) is 0 Å². The second kappa shape index (κ2) is 8.59. The molecule has 1 aromatic rings. The van der Waals surface area contributed by atoms with Crippen molar-refractivity contribution < 1.29 is 13.5 Å². The minimum atomic E-state index is -3.77. The Morgan fingerprint density at radius 3 is 2.42 bits per heavy atom. The van der Waals surface area contributed by atoms with Gasteiger partial charge in [0.25, 0.3) is 0 Å². The minimum Gasteiger partial charge on any atom is -0.396 e. The smallest absolute Gasteiger partial charge is 0.208 e. The van der Waals surface area contributed by atoms with Crippen molar-refractivity contribution >= 4 is 28.4 Å². The molecular formula is C21H29N5O3S2. The van der Waals surface area contributed by atoms with E-state index in [1.807, 2.05) is 18.9 Å². The number of rotatable bonds is 5. The van der Waals surface area contributed by atoms with Gasteiger partial charge in [-0.2, -0.15) is 4.41 Å². The number of hydrogen-bond acceptors (Lipinski definition) is 9. The first-order chi connectivity index (χ1) is 14.8. The molecule has 0 aliphatic carbocycles. The quantitative estimate of drug-likeness (QED) is 0.644. The summed E-state index contributed by atoms with van der Waals surface area (Å²) in [6, 6.07) is 7.95. The zero-order valence-electron chi connectivity index (χ0n) is 18.1. The van der Waals surface area contributed by atoms with Gasteiger partial charge < -0.3 is 14.9 Å². The molecule has 3 aliphatic heterocycles. The number of thiol groups is 1. The summed E-state index contributed by atoms with van der Waals surface area (Å²) >= 11 is 4.70. The van der Waals surface area contributed by atoms with Crippen molar-refractivity contribution in [3.63, 3.8) is 0 Å². The number of nitrogens with zero attached hydrogens (tertiary/aromatic N) is 5. The highest BCUT2D eigenvalue weighted by molar-refractivity contribution is 7.95. The van der Waals surface area contributed by atoms with E-state index in [4.69, 9.17) is 17.8 Å². The minimum absolute atomic E-state index is 0.0103. The number of hydrogen-bond donors (Lipinski definition) is 2. The molecule has 0 spiro atoms. The van der Waals surface area contributed by atoms with Crippen molar-refractivity contribution in [2.24, 2.45) is 4.99 Å². The fourth-order valence-electron chi connectivity index (χ4n) is 4.30. The van der Waals surface area contributed by atoms with Gasteiger partial charge in [-0.1, -0.05) is 31.0 Å². The summed E-state index contributed by atoms with van der Waals surface area (Å²) in [6.45, 7) is 7.09. The van der Waals surface area contributed by atoms with Crippen LogP contribution in [0.1, 0.15) is 20.3 Å². The molecule has 1 unspecified atom stereocenters. The number of aliphatic imine (C=N–C) groups is 1. The van der Waals surface area contributed by atoms with Crippen molar-refractivity contribution in [2.75, 3.05) is 39.8 Å². The molecule has 0 aromatic heterocycles. The lowest BCUT2D eigenvalue weighted by molar-refractivity contribution is 0.0807. The number of sulfone groups is 1. The molecule has 31 heavy (non-hydrogen) atoms. The van der Waals surface area contributed by atoms with Crippen molar-refractivity contribution in [1.82, 2.24) is 19.2 Å². The molecule has 4 rings (SSSR count). The predicted molar refractivity (Wildman–Crippen MR) is 124 cm³/mol. The van der Waals surface area contributed by atoms with E-state index < -0.39 is 15.9 Å². The monoisotopic (exact) mass is 463 g/mol. The molecular weight excluding hydrogens is 434 g/mol. The molecule has 3 heterocycles. The van der Waals surface area contributed by atoms with E-state index in [1.54, 1.807) is 34.7 Å². The SMILES string of the molecule is CC1=NC2=C(S(=O)(=O)c3ccccc3)C(C)N(S)N2C(N2CCN(C)CC2)=C1CCO. The standard InChI is InChI=1S/C21H29N5O3S2/c1-15-18(9-14-27)21(24-12-10-23(3)11-13-24)25-20(22-15)19(16(2)26(25)30)31(28,29)17-7-5-4-6-8-17/h4-8,16,27,30H,9-14H2,1-3H3. The van der Waals surface area contributed by atoms with Crippen LogP contribution in [0.4, 0.5) is 0 Å². The van der Waals surface area contributed by atoms with Gasteiger partial charge in [0, 0.05) is 50.5 Å². The molecule has 10 heteroatoms. The third kappa shape index (κ3) is 3.80. The topological polar surface area (TPSA) is 79.7 Å². The van der Waals surface area contributed by atoms with Crippen LogP contribution in [0, 0.1) is 0 Å². The van der Waals surface area contributed by atoms with Crippen LogP contribution in [-0.4, -0.2) is 84.3 Å². The maximum absolute atomic E-state index is 13.6. The van der Waals surface area contributed by atoms with E-state index in [0.717, 1.165) is 43.3 Å². The van der Waals surface area contributed by atoms with Crippen LogP contribution in [0.2, 0.25) is 0 Å². The highest BCUT2D eigenvalue weighted by atomic mass is 32.2. The van der Waals surface area contributed by atoms with Crippen LogP contribution in [0.5, 0.6) is 0 Å². The average molecular weight is 464 g/mol. The molecule has 1 fully saturated rings. The Balaban J connectivity index is 1.88. The number of hydrazine groups is 1. The first-order valence-corrected chi connectivity index (χ1v) is 12.3. The van der Waals surface area contributed by atoms with E-state index in [-0.39, 0.29) is 16.4 Å². The number of aliphatic hydroxyl groups excluding tert-OH is 1. The number of piperazine rings is 1. The van der Waals surface area contributed by atoms with E-state index in [9.17, 15) is 13.5 Å². The lowest BCUT2D eigenvalue weighted by atomic mass is 10.1. The molecule has 0 saturated carbocycles. The molecule has 1 saturated heterocycles. The average Bonchev–Trinajstić information content (AvgIpc) is 3.00. The largest absolute Gasteiger partial charge is 0.396 e. The van der Waals surface area contributed by atoms with Crippen molar-refractivity contribution in [2.45, 2.75) is 31.2 Å². The number of fused-ring (bicyclic) bond motifs is 1. The highest BCUT2D eigenvalue weighted by Crippen LogP contribution is 2.43. The molecule has 0 radical (unpaired) electrons. The predicted octanol–water partition coefficient (Wildman–Crippen LogP) is 1.71. The maximum atomic E-state index is 13.6. The molecule has 0 bridgehead atoms. The zero-order valence-corrected chi connectivity index (χ0v) is 19.8. The fraction of sp³-hybridized carbons (Fsp3) is 0.476. The third-order valence-electron chi connectivity index (χ3n) is 6.04. The Morgan fingerprint density at radius 2 is 1.81 bits per heavy atom. The van der Waals surface area contributed by atoms with Gasteiger partial charge in [-0.15, -0.1) is 0 Å². The van der Waals surface area contributed by atoms with Crippen LogP contribution in [0.3, 0.4) is 0 Å². The molecule has 1 N–H and O–H groups in total. The fourth-order valence-corrected chi connectivity index (χ4v) is 6.35. The van der Waals surface area contributed by atoms with Crippen LogP contribution in [-0.2, 0) is 9.84 Å². The van der Waals surface area contributed by atoms with E-state index in [1.165, 1.54) is 0 Å². The summed E-state index contributed by atoms with van der Waals surface area (Å²) < 4.78 is 28.8. The summed E-state index contributed by atoms with van der Waals surface area (Å²) in [5.41, 5.74) is 1.64. The van der Waals surface area contributed by atoms with Gasteiger partial charge in [0.1, 0.15) is 10.7 Å². The van der Waals surface area contributed by atoms with Gasteiger partial charge in [-0.3, -0.25) is 0 Å². The van der Waals surface area contributed by atoms with E-state index in [0.29, 0.717) is 12.2 Å². The summed E-state index contributed by atoms with van der Waals surface area (Å²) in [4.78, 5) is 9.72. The maximum Gasteiger partial charge on any atom is 0.208 e. The zero-order chi connectivity index (χ0) is 22.3. The Bertz CT molecular complexity index is 1040. The Morgan fingerprint density at radius 1 is 1.16 bits per heavy atom. The molecule has 168 valence electrons. The van der Waals surface area contributed by atoms with Crippen LogP contribution < -0.4 is 0 Å². The van der Waals surface area contributed by atoms with Gasteiger partial charge in [0.2, 0.25) is 9.84 Å². The lowest BCUT2D eigenvalue weighted by Crippen LogP contribution is -2.50. The lowest BCUT2D eigenvalue weighted by Gasteiger charge is -2.43. The summed E-state index contributed by atoms with van der Waals surface area (Å²) in [6.07, 6.45) is 0.442. The third-order valence-corrected chi connectivity index (χ3v) is 8.56. The molecule has 3 aliphatic rings. The first kappa shape index (κ1) is 22.3. The van der Waals surface area contributed by atoms with E-state index >= 15 is 0 Å². The molecule has 8 nitrogen and oxygen atoms in total. The second-order valence-corrected chi connectivity index (χ2v) is 10.4. The Labute approximate surface area is 189 Å². The molecule has 0 amide bonds. The van der Waals surface area contributed by atoms with Crippen LogP contribution in [0.15, 0.2) is 62.3 Å². The number of likely N-dealkylation sites (N-methyl/N-ethyl adjacent to an activating group) is 1. The molecule has 1 aromatic carbocycles. The van der Waals surface area contributed by atoms with Gasteiger partial charge in [0.05, 0.1) is 10.9 Å². The van der Waals surface area contributed by atoms with E-state index in [2.05, 4.69) is 16.8 Å². The second-order valence-electron chi connectivity index (χ2n) is 8.08. The Hall–Kier alpha value is -1.85. The summed E-state index contributed by atoms with van der Waals surface area (Å²) in [7, 11) is -1.68. The summed E-state index contributed by atoms with van der Waals surface area (Å²) in [5, 5.41) is 11.5. The van der Waals surface area contributed by atoms with Crippen LogP contribution in [0.25, 0.3) is 0 Å². The first-order valence-electron chi connectivity index (χ1n) is 10.4. The highest BCUT2D eigenvalue weighted by Gasteiger charge is 2.47. The van der Waals surface area contributed by atoms with Gasteiger partial charge >= 0.3 is 0 Å². The number of benzene rings is 1. The van der Waals surface area contributed by atoms with Crippen molar-refractivity contribution in [1.29, 1.82) is 0 Å². The Kier molecular flexibility index (Phi) is 6.19. The normalized spacial score (nSPS) is 23.5. The van der Waals surface area contributed by atoms with Crippen molar-refractivity contribution in [3.05, 3.63) is 52.5 Å². The van der Waals surface area contributed by atoms with Gasteiger partial charge in [-0.25, -0.2) is 18.4 Å². The number of aliphatic hydroxyl groups is 1. The van der Waals surface area contributed by atoms with Gasteiger partial charge in [-0.05, 0) is 33.0 Å². The summed E-state index contributed by atoms with van der Waals surface area (Å²) in [5.74, 6) is 1.25. The van der Waals surface area contributed by atoms with Gasteiger partial charge in [0.15, 0.2) is 5.82 Å². The molecule has 1 atom stereocenters.